The molecule has 6 nitrogen and oxygen atoms in total. The number of nitrogens with zero attached hydrogens (tertiary/aromatic N) is 2. The number of amides is 2. The number of carbonyl (C=O) groups excluding carboxylic acids is 2. The van der Waals surface area contributed by atoms with Gasteiger partial charge < -0.3 is 10.6 Å². The van der Waals surface area contributed by atoms with Crippen molar-refractivity contribution in [1.29, 1.82) is 0 Å². The van der Waals surface area contributed by atoms with E-state index in [9.17, 15) is 14.0 Å². The molecule has 0 spiro atoms. The van der Waals surface area contributed by atoms with E-state index in [0.29, 0.717) is 25.3 Å². The van der Waals surface area contributed by atoms with Gasteiger partial charge in [0.05, 0.1) is 13.1 Å². The van der Waals surface area contributed by atoms with E-state index in [1.807, 2.05) is 26.0 Å². The van der Waals surface area contributed by atoms with Gasteiger partial charge in [-0.05, 0) is 61.4 Å². The SMILES string of the molecule is Cc1cc(C)cc(NC(=O)CN2CCN(CC(=O)Nc3ccc(F)cc3)CC2)c1. The second kappa shape index (κ2) is 9.62. The van der Waals surface area contributed by atoms with E-state index >= 15 is 0 Å². The average Bonchev–Trinajstić information content (AvgIpc) is 2.64. The van der Waals surface area contributed by atoms with Crippen molar-refractivity contribution in [1.82, 2.24) is 9.80 Å². The van der Waals surface area contributed by atoms with Gasteiger partial charge in [0.25, 0.3) is 0 Å². The summed E-state index contributed by atoms with van der Waals surface area (Å²) in [4.78, 5) is 28.6. The lowest BCUT2D eigenvalue weighted by molar-refractivity contribution is -0.120. The molecule has 0 unspecified atom stereocenters. The number of piperazine rings is 1. The van der Waals surface area contributed by atoms with Crippen molar-refractivity contribution in [2.45, 2.75) is 13.8 Å². The highest BCUT2D eigenvalue weighted by Crippen LogP contribution is 2.14. The molecule has 1 fully saturated rings. The molecule has 1 aliphatic rings. The number of hydrogen-bond donors (Lipinski definition) is 2. The summed E-state index contributed by atoms with van der Waals surface area (Å²) in [5.41, 5.74) is 3.64. The van der Waals surface area contributed by atoms with Crippen LogP contribution in [0.25, 0.3) is 0 Å². The number of carbonyl (C=O) groups is 2. The highest BCUT2D eigenvalue weighted by Gasteiger charge is 2.20. The Morgan fingerprint density at radius 1 is 0.793 bits per heavy atom. The Hall–Kier alpha value is -2.77. The second-order valence-electron chi connectivity index (χ2n) is 7.53. The van der Waals surface area contributed by atoms with Gasteiger partial charge in [0.2, 0.25) is 11.8 Å². The Balaban J connectivity index is 1.40. The molecule has 1 heterocycles. The Labute approximate surface area is 170 Å². The van der Waals surface area contributed by atoms with Crippen molar-refractivity contribution in [3.8, 4) is 0 Å². The zero-order chi connectivity index (χ0) is 20.8. The molecule has 2 amide bonds. The van der Waals surface area contributed by atoms with Crippen molar-refractivity contribution in [2.75, 3.05) is 49.9 Å². The molecule has 1 aliphatic heterocycles. The van der Waals surface area contributed by atoms with Crippen molar-refractivity contribution < 1.29 is 14.0 Å². The van der Waals surface area contributed by atoms with Crippen LogP contribution in [-0.2, 0) is 9.59 Å². The number of nitrogens with one attached hydrogen (secondary N) is 2. The molecule has 2 N–H and O–H groups in total. The van der Waals surface area contributed by atoms with E-state index in [0.717, 1.165) is 29.9 Å². The van der Waals surface area contributed by atoms with Gasteiger partial charge in [-0.3, -0.25) is 19.4 Å². The third-order valence-electron chi connectivity index (χ3n) is 4.83. The van der Waals surface area contributed by atoms with Crippen molar-refractivity contribution >= 4 is 23.2 Å². The van der Waals surface area contributed by atoms with Crippen LogP contribution >= 0.6 is 0 Å². The molecule has 3 rings (SSSR count). The fourth-order valence-electron chi connectivity index (χ4n) is 3.49. The molecule has 154 valence electrons. The number of hydrogen-bond acceptors (Lipinski definition) is 4. The summed E-state index contributed by atoms with van der Waals surface area (Å²) in [6.07, 6.45) is 0. The van der Waals surface area contributed by atoms with Crippen molar-refractivity contribution in [3.63, 3.8) is 0 Å². The zero-order valence-corrected chi connectivity index (χ0v) is 16.9. The average molecular weight is 398 g/mol. The van der Waals surface area contributed by atoms with Crippen LogP contribution in [0.2, 0.25) is 0 Å². The van der Waals surface area contributed by atoms with E-state index in [1.54, 1.807) is 12.1 Å². The first-order valence-corrected chi connectivity index (χ1v) is 9.76. The summed E-state index contributed by atoms with van der Waals surface area (Å²) in [5.74, 6) is -0.490. The molecule has 0 atom stereocenters. The number of halogens is 1. The molecule has 7 heteroatoms. The van der Waals surface area contributed by atoms with E-state index in [1.165, 1.54) is 12.1 Å². The van der Waals surface area contributed by atoms with Crippen molar-refractivity contribution in [3.05, 3.63) is 59.4 Å². The van der Waals surface area contributed by atoms with Crippen LogP contribution in [0.1, 0.15) is 11.1 Å². The standard InChI is InChI=1S/C22H27FN4O2/c1-16-11-17(2)13-20(12-16)25-22(29)15-27-9-7-26(8-10-27)14-21(28)24-19-5-3-18(23)4-6-19/h3-6,11-13H,7-10,14-15H2,1-2H3,(H,24,28)(H,25,29). The molecule has 0 aliphatic carbocycles. The maximum atomic E-state index is 12.9. The number of aryl methyl sites for hydroxylation is 2. The molecule has 0 radical (unpaired) electrons. The van der Waals surface area contributed by atoms with Gasteiger partial charge in [-0.15, -0.1) is 0 Å². The minimum absolute atomic E-state index is 0.0301. The molecule has 1 saturated heterocycles. The number of benzene rings is 2. The van der Waals surface area contributed by atoms with Gasteiger partial charge in [0, 0.05) is 37.6 Å². The summed E-state index contributed by atoms with van der Waals surface area (Å²) in [6.45, 7) is 7.51. The third kappa shape index (κ3) is 6.66. The smallest absolute Gasteiger partial charge is 0.238 e. The molecule has 2 aromatic rings. The summed E-state index contributed by atoms with van der Waals surface area (Å²) in [7, 11) is 0. The number of anilines is 2. The maximum Gasteiger partial charge on any atom is 0.238 e. The predicted molar refractivity (Wildman–Crippen MR) is 112 cm³/mol. The first-order chi connectivity index (χ1) is 13.9. The first-order valence-electron chi connectivity index (χ1n) is 9.76. The summed E-state index contributed by atoms with van der Waals surface area (Å²) in [5, 5.41) is 5.73. The quantitative estimate of drug-likeness (QED) is 0.785. The molecule has 0 bridgehead atoms. The van der Waals surface area contributed by atoms with Crippen LogP contribution in [-0.4, -0.2) is 60.9 Å². The van der Waals surface area contributed by atoms with E-state index in [4.69, 9.17) is 0 Å². The lowest BCUT2D eigenvalue weighted by Crippen LogP contribution is -2.50. The van der Waals surface area contributed by atoms with Gasteiger partial charge in [-0.1, -0.05) is 6.07 Å². The maximum absolute atomic E-state index is 12.9. The lowest BCUT2D eigenvalue weighted by Gasteiger charge is -2.33. The fourth-order valence-corrected chi connectivity index (χ4v) is 3.49. The van der Waals surface area contributed by atoms with Crippen LogP contribution < -0.4 is 10.6 Å². The highest BCUT2D eigenvalue weighted by atomic mass is 19.1. The van der Waals surface area contributed by atoms with Crippen LogP contribution in [0, 0.1) is 19.7 Å². The monoisotopic (exact) mass is 398 g/mol. The molecule has 2 aromatic carbocycles. The van der Waals surface area contributed by atoms with Gasteiger partial charge in [-0.25, -0.2) is 4.39 Å². The lowest BCUT2D eigenvalue weighted by atomic mass is 10.1. The Morgan fingerprint density at radius 2 is 1.24 bits per heavy atom. The van der Waals surface area contributed by atoms with Crippen LogP contribution in [0.4, 0.5) is 15.8 Å². The van der Waals surface area contributed by atoms with E-state index in [2.05, 4.69) is 26.5 Å². The molecular weight excluding hydrogens is 371 g/mol. The molecule has 0 saturated carbocycles. The summed E-state index contributed by atoms with van der Waals surface area (Å²) in [6, 6.07) is 11.7. The first kappa shape index (κ1) is 21.0. The van der Waals surface area contributed by atoms with Crippen LogP contribution in [0.15, 0.2) is 42.5 Å². The summed E-state index contributed by atoms with van der Waals surface area (Å²) < 4.78 is 12.9. The van der Waals surface area contributed by atoms with Gasteiger partial charge >= 0.3 is 0 Å². The van der Waals surface area contributed by atoms with Gasteiger partial charge in [-0.2, -0.15) is 0 Å². The normalized spacial score (nSPS) is 15.1. The third-order valence-corrected chi connectivity index (χ3v) is 4.83. The van der Waals surface area contributed by atoms with Gasteiger partial charge in [0.1, 0.15) is 5.82 Å². The van der Waals surface area contributed by atoms with Crippen LogP contribution in [0.3, 0.4) is 0 Å². The van der Waals surface area contributed by atoms with E-state index < -0.39 is 0 Å². The molecule has 0 aromatic heterocycles. The Bertz CT molecular complexity index is 841. The summed E-state index contributed by atoms with van der Waals surface area (Å²) >= 11 is 0. The topological polar surface area (TPSA) is 64.7 Å². The molecular formula is C22H27FN4O2. The van der Waals surface area contributed by atoms with E-state index in [-0.39, 0.29) is 24.2 Å². The molecule has 29 heavy (non-hydrogen) atoms. The zero-order valence-electron chi connectivity index (χ0n) is 16.9. The fraction of sp³-hybridized carbons (Fsp3) is 0.364. The van der Waals surface area contributed by atoms with Gasteiger partial charge in [0.15, 0.2) is 0 Å². The highest BCUT2D eigenvalue weighted by molar-refractivity contribution is 5.93. The number of rotatable bonds is 6. The predicted octanol–water partition coefficient (Wildman–Crippen LogP) is 2.64. The Morgan fingerprint density at radius 3 is 1.72 bits per heavy atom. The van der Waals surface area contributed by atoms with Crippen molar-refractivity contribution in [2.24, 2.45) is 0 Å². The largest absolute Gasteiger partial charge is 0.325 e. The minimum Gasteiger partial charge on any atom is -0.325 e. The Kier molecular flexibility index (Phi) is 6.95. The minimum atomic E-state index is -0.333. The van der Waals surface area contributed by atoms with Crippen LogP contribution in [0.5, 0.6) is 0 Å². The second-order valence-corrected chi connectivity index (χ2v) is 7.53.